The van der Waals surface area contributed by atoms with Crippen molar-refractivity contribution in [3.8, 4) is 50.2 Å². The number of aromatic nitrogens is 1. The third-order valence-corrected chi connectivity index (χ3v) is 10.7. The molecule has 2 heteroatoms. The van der Waals surface area contributed by atoms with E-state index in [-0.39, 0.29) is 0 Å². The minimum absolute atomic E-state index is 1.08. The summed E-state index contributed by atoms with van der Waals surface area (Å²) in [5, 5.41) is 2.41. The molecule has 0 fully saturated rings. The zero-order valence-electron chi connectivity index (χ0n) is 30.8. The van der Waals surface area contributed by atoms with Gasteiger partial charge in [-0.05, 0) is 99.6 Å². The second-order valence-corrected chi connectivity index (χ2v) is 14.2. The van der Waals surface area contributed by atoms with Gasteiger partial charge in [0, 0.05) is 27.7 Å². The lowest BCUT2D eigenvalue weighted by molar-refractivity contribution is 1.18. The van der Waals surface area contributed by atoms with Crippen LogP contribution in [0.1, 0.15) is 0 Å². The molecule has 264 valence electrons. The first-order chi connectivity index (χ1) is 27.8. The second-order valence-electron chi connectivity index (χ2n) is 14.2. The number of hydrogen-bond acceptors (Lipinski definition) is 1. The molecule has 0 bridgehead atoms. The van der Waals surface area contributed by atoms with Crippen LogP contribution in [-0.2, 0) is 0 Å². The quantitative estimate of drug-likeness (QED) is 0.152. The highest BCUT2D eigenvalue weighted by Gasteiger charge is 2.24. The maximum Gasteiger partial charge on any atom is 0.0562 e. The Labute approximate surface area is 327 Å². The highest BCUT2D eigenvalue weighted by atomic mass is 15.2. The summed E-state index contributed by atoms with van der Waals surface area (Å²) in [5.74, 6) is 0. The standard InChI is InChI=1S/C54H38N2/c1-5-19-39(20-6-1)42-25-17-26-43(35-42)48-29-13-15-31-50(48)56(47-37-44(40-21-7-2-8-22-40)36-45(38-47)41-23-9-3-10-24-41)53-34-18-33-52-54(53)49-30-14-16-32-51(49)55(52)46-27-11-4-12-28-46/h1-38H. The Morgan fingerprint density at radius 1 is 0.304 bits per heavy atom. The summed E-state index contributed by atoms with van der Waals surface area (Å²) in [6, 6.07) is 83.2. The zero-order valence-corrected chi connectivity index (χ0v) is 30.8. The van der Waals surface area contributed by atoms with E-state index in [1.165, 1.54) is 38.5 Å². The predicted octanol–water partition coefficient (Wildman–Crippen LogP) is 14.9. The van der Waals surface area contributed by atoms with Crippen LogP contribution >= 0.6 is 0 Å². The Morgan fingerprint density at radius 3 is 1.45 bits per heavy atom. The summed E-state index contributed by atoms with van der Waals surface area (Å²) >= 11 is 0. The van der Waals surface area contributed by atoms with E-state index in [2.05, 4.69) is 240 Å². The van der Waals surface area contributed by atoms with Crippen LogP contribution < -0.4 is 4.90 Å². The van der Waals surface area contributed by atoms with Gasteiger partial charge < -0.3 is 9.47 Å². The van der Waals surface area contributed by atoms with Gasteiger partial charge in [0.2, 0.25) is 0 Å². The monoisotopic (exact) mass is 714 g/mol. The molecule has 10 rings (SSSR count). The van der Waals surface area contributed by atoms with E-state index >= 15 is 0 Å². The molecule has 56 heavy (non-hydrogen) atoms. The third kappa shape index (κ3) is 6.04. The molecule has 0 atom stereocenters. The van der Waals surface area contributed by atoms with Gasteiger partial charge in [-0.1, -0.05) is 170 Å². The van der Waals surface area contributed by atoms with Crippen LogP contribution in [0.4, 0.5) is 17.1 Å². The summed E-state index contributed by atoms with van der Waals surface area (Å²) in [7, 11) is 0. The van der Waals surface area contributed by atoms with Gasteiger partial charge in [-0.25, -0.2) is 0 Å². The number of para-hydroxylation sites is 3. The van der Waals surface area contributed by atoms with Crippen molar-refractivity contribution >= 4 is 38.9 Å². The molecule has 0 radical (unpaired) electrons. The molecule has 0 aliphatic rings. The van der Waals surface area contributed by atoms with Crippen molar-refractivity contribution in [1.29, 1.82) is 0 Å². The average Bonchev–Trinajstić information content (AvgIpc) is 3.63. The second kappa shape index (κ2) is 14.4. The molecule has 9 aromatic carbocycles. The van der Waals surface area contributed by atoms with Gasteiger partial charge in [0.1, 0.15) is 0 Å². The molecule has 1 aromatic heterocycles. The summed E-state index contributed by atoms with van der Waals surface area (Å²) in [6.45, 7) is 0. The van der Waals surface area contributed by atoms with Gasteiger partial charge in [-0.3, -0.25) is 0 Å². The van der Waals surface area contributed by atoms with Gasteiger partial charge in [0.25, 0.3) is 0 Å². The summed E-state index contributed by atoms with van der Waals surface area (Å²) < 4.78 is 2.40. The summed E-state index contributed by atoms with van der Waals surface area (Å²) in [6.07, 6.45) is 0. The van der Waals surface area contributed by atoms with Crippen LogP contribution in [0.3, 0.4) is 0 Å². The number of anilines is 3. The molecule has 0 unspecified atom stereocenters. The van der Waals surface area contributed by atoms with E-state index in [0.29, 0.717) is 0 Å². The molecule has 0 spiro atoms. The normalized spacial score (nSPS) is 11.2. The van der Waals surface area contributed by atoms with E-state index in [1.54, 1.807) is 0 Å². The lowest BCUT2D eigenvalue weighted by atomic mass is 9.95. The number of fused-ring (bicyclic) bond motifs is 3. The molecule has 0 aliphatic carbocycles. The average molecular weight is 715 g/mol. The van der Waals surface area contributed by atoms with Crippen molar-refractivity contribution in [1.82, 2.24) is 4.57 Å². The lowest BCUT2D eigenvalue weighted by Gasteiger charge is -2.30. The van der Waals surface area contributed by atoms with Crippen molar-refractivity contribution in [2.75, 3.05) is 4.90 Å². The van der Waals surface area contributed by atoms with Crippen molar-refractivity contribution in [2.45, 2.75) is 0 Å². The van der Waals surface area contributed by atoms with Crippen LogP contribution in [0.25, 0.3) is 72.0 Å². The summed E-state index contributed by atoms with van der Waals surface area (Å²) in [5.41, 5.74) is 16.1. The third-order valence-electron chi connectivity index (χ3n) is 10.7. The molecular formula is C54H38N2. The van der Waals surface area contributed by atoms with E-state index in [1.807, 2.05) is 0 Å². The van der Waals surface area contributed by atoms with Gasteiger partial charge in [-0.15, -0.1) is 0 Å². The first-order valence-corrected chi connectivity index (χ1v) is 19.2. The Kier molecular flexibility index (Phi) is 8.55. The van der Waals surface area contributed by atoms with Crippen molar-refractivity contribution in [3.63, 3.8) is 0 Å². The fourth-order valence-electron chi connectivity index (χ4n) is 8.19. The largest absolute Gasteiger partial charge is 0.309 e. The molecule has 0 N–H and O–H groups in total. The Bertz CT molecular complexity index is 2890. The number of nitrogens with zero attached hydrogens (tertiary/aromatic N) is 2. The Morgan fingerprint density at radius 2 is 0.768 bits per heavy atom. The van der Waals surface area contributed by atoms with Crippen molar-refractivity contribution in [3.05, 3.63) is 231 Å². The Balaban J connectivity index is 1.29. The van der Waals surface area contributed by atoms with Crippen LogP contribution in [0.15, 0.2) is 231 Å². The molecule has 1 heterocycles. The van der Waals surface area contributed by atoms with Crippen molar-refractivity contribution < 1.29 is 0 Å². The smallest absolute Gasteiger partial charge is 0.0562 e. The molecule has 0 amide bonds. The molecule has 10 aromatic rings. The molecule has 2 nitrogen and oxygen atoms in total. The first kappa shape index (κ1) is 33.2. The minimum atomic E-state index is 1.08. The number of hydrogen-bond donors (Lipinski definition) is 0. The van der Waals surface area contributed by atoms with Crippen LogP contribution in [-0.4, -0.2) is 4.57 Å². The zero-order chi connectivity index (χ0) is 37.3. The first-order valence-electron chi connectivity index (χ1n) is 19.2. The minimum Gasteiger partial charge on any atom is -0.309 e. The van der Waals surface area contributed by atoms with Crippen molar-refractivity contribution in [2.24, 2.45) is 0 Å². The number of benzene rings is 9. The van der Waals surface area contributed by atoms with Gasteiger partial charge in [0.15, 0.2) is 0 Å². The fraction of sp³-hybridized carbons (Fsp3) is 0. The SMILES string of the molecule is c1ccc(-c2cccc(-c3ccccc3N(c3cc(-c4ccccc4)cc(-c4ccccc4)c3)c3cccc4c3c3ccccc3n4-c3ccccc3)c2)cc1. The highest BCUT2D eigenvalue weighted by molar-refractivity contribution is 6.17. The van der Waals surface area contributed by atoms with E-state index in [9.17, 15) is 0 Å². The topological polar surface area (TPSA) is 8.17 Å². The summed E-state index contributed by atoms with van der Waals surface area (Å²) in [4.78, 5) is 2.49. The maximum absolute atomic E-state index is 2.49. The van der Waals surface area contributed by atoms with E-state index in [0.717, 1.165) is 50.5 Å². The van der Waals surface area contributed by atoms with E-state index < -0.39 is 0 Å². The lowest BCUT2D eigenvalue weighted by Crippen LogP contribution is -2.12. The van der Waals surface area contributed by atoms with Gasteiger partial charge >= 0.3 is 0 Å². The fourth-order valence-corrected chi connectivity index (χ4v) is 8.19. The molecular weight excluding hydrogens is 677 g/mol. The highest BCUT2D eigenvalue weighted by Crippen LogP contribution is 2.48. The van der Waals surface area contributed by atoms with Crippen LogP contribution in [0, 0.1) is 0 Å². The van der Waals surface area contributed by atoms with Gasteiger partial charge in [-0.2, -0.15) is 0 Å². The van der Waals surface area contributed by atoms with Gasteiger partial charge in [0.05, 0.1) is 22.4 Å². The Hall–Kier alpha value is -7.42. The maximum atomic E-state index is 2.49. The predicted molar refractivity (Wildman–Crippen MR) is 237 cm³/mol. The number of rotatable bonds is 8. The molecule has 0 saturated carbocycles. The van der Waals surface area contributed by atoms with E-state index in [4.69, 9.17) is 0 Å². The molecule has 0 aliphatic heterocycles. The van der Waals surface area contributed by atoms with Crippen LogP contribution in [0.5, 0.6) is 0 Å². The molecule has 0 saturated heterocycles. The van der Waals surface area contributed by atoms with Crippen LogP contribution in [0.2, 0.25) is 0 Å².